The van der Waals surface area contributed by atoms with E-state index in [-0.39, 0.29) is 11.8 Å². The molecule has 2 heteroatoms. The Morgan fingerprint density at radius 3 is 2.39 bits per heavy atom. The number of rotatable bonds is 4. The summed E-state index contributed by atoms with van der Waals surface area (Å²) < 4.78 is 0. The standard InChI is InChI=1S/C16H17NO/c1-2-15(13-8-4-3-5-9-13)17-12-14-10-6-7-11-16(14)18/h3-12,15,18H,2H2,1H3. The SMILES string of the molecule is CCC(N=Cc1ccccc1O)c1ccccc1. The first-order chi connectivity index (χ1) is 8.81. The largest absolute Gasteiger partial charge is 0.507 e. The Labute approximate surface area is 108 Å². The number of para-hydroxylation sites is 1. The summed E-state index contributed by atoms with van der Waals surface area (Å²) in [6.07, 6.45) is 2.69. The van der Waals surface area contributed by atoms with Crippen molar-refractivity contribution in [3.05, 3.63) is 65.7 Å². The molecule has 2 aromatic carbocycles. The van der Waals surface area contributed by atoms with Crippen molar-refractivity contribution in [3.63, 3.8) is 0 Å². The average Bonchev–Trinajstić information content (AvgIpc) is 2.42. The Kier molecular flexibility index (Phi) is 4.13. The minimum atomic E-state index is 0.144. The molecule has 92 valence electrons. The molecule has 0 aromatic heterocycles. The van der Waals surface area contributed by atoms with Crippen molar-refractivity contribution in [3.8, 4) is 5.75 Å². The van der Waals surface area contributed by atoms with Gasteiger partial charge in [-0.25, -0.2) is 0 Å². The van der Waals surface area contributed by atoms with Crippen LogP contribution in [0.2, 0.25) is 0 Å². The Morgan fingerprint density at radius 2 is 1.72 bits per heavy atom. The van der Waals surface area contributed by atoms with E-state index < -0.39 is 0 Å². The summed E-state index contributed by atoms with van der Waals surface area (Å²) in [5.41, 5.74) is 1.96. The van der Waals surface area contributed by atoms with Crippen molar-refractivity contribution in [1.82, 2.24) is 0 Å². The molecular weight excluding hydrogens is 222 g/mol. The molecule has 0 radical (unpaired) electrons. The van der Waals surface area contributed by atoms with Crippen molar-refractivity contribution < 1.29 is 5.11 Å². The molecule has 0 amide bonds. The summed E-state index contributed by atoms with van der Waals surface area (Å²) in [4.78, 5) is 4.56. The van der Waals surface area contributed by atoms with E-state index in [1.807, 2.05) is 30.3 Å². The predicted molar refractivity (Wildman–Crippen MR) is 75.2 cm³/mol. The predicted octanol–water partition coefficient (Wildman–Crippen LogP) is 3.96. The van der Waals surface area contributed by atoms with Gasteiger partial charge in [-0.1, -0.05) is 49.4 Å². The zero-order valence-electron chi connectivity index (χ0n) is 10.5. The molecule has 0 aliphatic rings. The Balaban J connectivity index is 2.19. The Morgan fingerprint density at radius 1 is 1.06 bits per heavy atom. The minimum Gasteiger partial charge on any atom is -0.507 e. The molecule has 0 aliphatic carbocycles. The van der Waals surface area contributed by atoms with E-state index in [9.17, 15) is 5.11 Å². The molecule has 1 N–H and O–H groups in total. The van der Waals surface area contributed by atoms with Crippen LogP contribution in [0.25, 0.3) is 0 Å². The number of hydrogen-bond donors (Lipinski definition) is 1. The number of benzene rings is 2. The fourth-order valence-corrected chi connectivity index (χ4v) is 1.87. The zero-order chi connectivity index (χ0) is 12.8. The zero-order valence-corrected chi connectivity index (χ0v) is 10.5. The van der Waals surface area contributed by atoms with Gasteiger partial charge in [-0.15, -0.1) is 0 Å². The molecule has 0 bridgehead atoms. The lowest BCUT2D eigenvalue weighted by Crippen LogP contribution is -1.94. The smallest absolute Gasteiger partial charge is 0.124 e. The van der Waals surface area contributed by atoms with Crippen LogP contribution in [0.4, 0.5) is 0 Å². The number of aliphatic imine (C=N–C) groups is 1. The molecule has 0 saturated carbocycles. The van der Waals surface area contributed by atoms with Crippen LogP contribution >= 0.6 is 0 Å². The van der Waals surface area contributed by atoms with Gasteiger partial charge in [-0.2, -0.15) is 0 Å². The van der Waals surface area contributed by atoms with E-state index in [4.69, 9.17) is 0 Å². The van der Waals surface area contributed by atoms with Gasteiger partial charge in [0.25, 0.3) is 0 Å². The molecule has 0 saturated heterocycles. The fraction of sp³-hybridized carbons (Fsp3) is 0.188. The number of nitrogens with zero attached hydrogens (tertiary/aromatic N) is 1. The molecule has 2 aromatic rings. The second-order valence-electron chi connectivity index (χ2n) is 4.17. The van der Waals surface area contributed by atoms with Crippen LogP contribution in [0.15, 0.2) is 59.6 Å². The van der Waals surface area contributed by atoms with Gasteiger partial charge in [0, 0.05) is 11.8 Å². The summed E-state index contributed by atoms with van der Waals surface area (Å²) in [7, 11) is 0. The monoisotopic (exact) mass is 239 g/mol. The first-order valence-corrected chi connectivity index (χ1v) is 6.17. The normalized spacial score (nSPS) is 12.7. The Bertz CT molecular complexity index is 520. The molecule has 0 heterocycles. The second-order valence-corrected chi connectivity index (χ2v) is 4.17. The average molecular weight is 239 g/mol. The van der Waals surface area contributed by atoms with Crippen LogP contribution in [0, 0.1) is 0 Å². The second kappa shape index (κ2) is 6.01. The lowest BCUT2D eigenvalue weighted by molar-refractivity contribution is 0.474. The third-order valence-corrected chi connectivity index (χ3v) is 2.90. The van der Waals surface area contributed by atoms with E-state index in [0.29, 0.717) is 0 Å². The number of phenols is 1. The lowest BCUT2D eigenvalue weighted by atomic mass is 10.1. The van der Waals surface area contributed by atoms with Crippen LogP contribution in [0.3, 0.4) is 0 Å². The van der Waals surface area contributed by atoms with E-state index in [1.54, 1.807) is 18.3 Å². The van der Waals surface area contributed by atoms with Crippen molar-refractivity contribution in [2.75, 3.05) is 0 Å². The minimum absolute atomic E-state index is 0.144. The van der Waals surface area contributed by atoms with Crippen molar-refractivity contribution in [2.24, 2.45) is 4.99 Å². The van der Waals surface area contributed by atoms with Gasteiger partial charge in [0.15, 0.2) is 0 Å². The van der Waals surface area contributed by atoms with Crippen LogP contribution in [0.1, 0.15) is 30.5 Å². The summed E-state index contributed by atoms with van der Waals surface area (Å²) in [5, 5.41) is 9.68. The van der Waals surface area contributed by atoms with Gasteiger partial charge in [0.05, 0.1) is 6.04 Å². The molecule has 0 aliphatic heterocycles. The summed E-state index contributed by atoms with van der Waals surface area (Å²) >= 11 is 0. The summed E-state index contributed by atoms with van der Waals surface area (Å²) in [6.45, 7) is 2.11. The quantitative estimate of drug-likeness (QED) is 0.805. The van der Waals surface area contributed by atoms with Crippen LogP contribution in [-0.4, -0.2) is 11.3 Å². The van der Waals surface area contributed by atoms with Gasteiger partial charge >= 0.3 is 0 Å². The molecular formula is C16H17NO. The van der Waals surface area contributed by atoms with Gasteiger partial charge in [-0.05, 0) is 24.1 Å². The highest BCUT2D eigenvalue weighted by Gasteiger charge is 2.05. The highest BCUT2D eigenvalue weighted by Crippen LogP contribution is 2.21. The maximum absolute atomic E-state index is 9.68. The maximum atomic E-state index is 9.68. The number of hydrogen-bond acceptors (Lipinski definition) is 2. The van der Waals surface area contributed by atoms with Gasteiger partial charge in [-0.3, -0.25) is 4.99 Å². The molecule has 0 spiro atoms. The van der Waals surface area contributed by atoms with E-state index in [0.717, 1.165) is 12.0 Å². The summed E-state index contributed by atoms with van der Waals surface area (Å²) in [5.74, 6) is 0.268. The van der Waals surface area contributed by atoms with E-state index >= 15 is 0 Å². The maximum Gasteiger partial charge on any atom is 0.124 e. The third-order valence-electron chi connectivity index (χ3n) is 2.90. The third kappa shape index (κ3) is 2.98. The highest BCUT2D eigenvalue weighted by molar-refractivity contribution is 5.83. The topological polar surface area (TPSA) is 32.6 Å². The van der Waals surface area contributed by atoms with E-state index in [1.165, 1.54) is 5.56 Å². The fourth-order valence-electron chi connectivity index (χ4n) is 1.87. The van der Waals surface area contributed by atoms with Gasteiger partial charge in [0.1, 0.15) is 5.75 Å². The van der Waals surface area contributed by atoms with E-state index in [2.05, 4.69) is 24.0 Å². The van der Waals surface area contributed by atoms with Gasteiger partial charge < -0.3 is 5.11 Å². The van der Waals surface area contributed by atoms with Crippen molar-refractivity contribution >= 4 is 6.21 Å². The first-order valence-electron chi connectivity index (χ1n) is 6.17. The number of aromatic hydroxyl groups is 1. The molecule has 2 rings (SSSR count). The molecule has 2 nitrogen and oxygen atoms in total. The molecule has 18 heavy (non-hydrogen) atoms. The van der Waals surface area contributed by atoms with Crippen LogP contribution in [0.5, 0.6) is 5.75 Å². The van der Waals surface area contributed by atoms with Crippen LogP contribution in [-0.2, 0) is 0 Å². The highest BCUT2D eigenvalue weighted by atomic mass is 16.3. The molecule has 1 atom stereocenters. The lowest BCUT2D eigenvalue weighted by Gasteiger charge is -2.09. The van der Waals surface area contributed by atoms with Crippen LogP contribution < -0.4 is 0 Å². The van der Waals surface area contributed by atoms with Gasteiger partial charge in [0.2, 0.25) is 0 Å². The summed E-state index contributed by atoms with van der Waals surface area (Å²) in [6, 6.07) is 17.6. The Hall–Kier alpha value is -2.09. The van der Waals surface area contributed by atoms with Crippen molar-refractivity contribution in [1.29, 1.82) is 0 Å². The first kappa shape index (κ1) is 12.4. The molecule has 1 unspecified atom stereocenters. The molecule has 0 fully saturated rings. The van der Waals surface area contributed by atoms with Crippen molar-refractivity contribution in [2.45, 2.75) is 19.4 Å². The number of phenolic OH excluding ortho intramolecular Hbond substituents is 1.